The SMILES string of the molecule is CCCCCCCCCCCCCCNC(=O)N[C@H](CC(=O)O)CN(C)C. The Morgan fingerprint density at radius 2 is 1.33 bits per heavy atom. The van der Waals surface area contributed by atoms with Gasteiger partial charge < -0.3 is 20.6 Å². The molecule has 160 valence electrons. The molecule has 0 heterocycles. The lowest BCUT2D eigenvalue weighted by Crippen LogP contribution is -2.47. The number of carbonyl (C=O) groups is 2. The molecule has 0 aliphatic rings. The second kappa shape index (κ2) is 18.1. The van der Waals surface area contributed by atoms with Crippen molar-refractivity contribution in [3.63, 3.8) is 0 Å². The van der Waals surface area contributed by atoms with Crippen molar-refractivity contribution in [3.05, 3.63) is 0 Å². The van der Waals surface area contributed by atoms with Crippen LogP contribution in [0.5, 0.6) is 0 Å². The topological polar surface area (TPSA) is 81.7 Å². The molecule has 0 rings (SSSR count). The monoisotopic (exact) mass is 385 g/mol. The van der Waals surface area contributed by atoms with Gasteiger partial charge in [0.1, 0.15) is 0 Å². The maximum Gasteiger partial charge on any atom is 0.315 e. The molecule has 1 atom stereocenters. The van der Waals surface area contributed by atoms with Gasteiger partial charge in [-0.05, 0) is 20.5 Å². The fraction of sp³-hybridized carbons (Fsp3) is 0.905. The van der Waals surface area contributed by atoms with E-state index in [-0.39, 0.29) is 18.5 Å². The van der Waals surface area contributed by atoms with Crippen molar-refractivity contribution in [2.45, 2.75) is 96.4 Å². The van der Waals surface area contributed by atoms with Gasteiger partial charge in [0.15, 0.2) is 0 Å². The number of hydrogen-bond acceptors (Lipinski definition) is 3. The van der Waals surface area contributed by atoms with Crippen molar-refractivity contribution in [2.75, 3.05) is 27.2 Å². The smallest absolute Gasteiger partial charge is 0.315 e. The highest BCUT2D eigenvalue weighted by Gasteiger charge is 2.16. The summed E-state index contributed by atoms with van der Waals surface area (Å²) in [6.07, 6.45) is 15.5. The van der Waals surface area contributed by atoms with Crippen molar-refractivity contribution >= 4 is 12.0 Å². The van der Waals surface area contributed by atoms with Crippen LogP contribution in [0.3, 0.4) is 0 Å². The van der Waals surface area contributed by atoms with Crippen LogP contribution in [0.2, 0.25) is 0 Å². The fourth-order valence-electron chi connectivity index (χ4n) is 3.22. The largest absolute Gasteiger partial charge is 0.481 e. The molecule has 27 heavy (non-hydrogen) atoms. The fourth-order valence-corrected chi connectivity index (χ4v) is 3.22. The molecule has 0 spiro atoms. The molecule has 0 saturated heterocycles. The molecule has 0 aliphatic heterocycles. The van der Waals surface area contributed by atoms with Crippen LogP contribution in [0.25, 0.3) is 0 Å². The van der Waals surface area contributed by atoms with Crippen LogP contribution in [-0.4, -0.2) is 55.2 Å². The average molecular weight is 386 g/mol. The molecule has 2 amide bonds. The lowest BCUT2D eigenvalue weighted by Gasteiger charge is -2.21. The van der Waals surface area contributed by atoms with E-state index in [2.05, 4.69) is 17.6 Å². The zero-order valence-electron chi connectivity index (χ0n) is 17.9. The maximum atomic E-state index is 11.9. The molecule has 0 fully saturated rings. The number of unbranched alkanes of at least 4 members (excludes halogenated alkanes) is 11. The Balaban J connectivity index is 3.52. The van der Waals surface area contributed by atoms with Gasteiger partial charge in [-0.15, -0.1) is 0 Å². The molecule has 3 N–H and O–H groups in total. The highest BCUT2D eigenvalue weighted by molar-refractivity contribution is 5.75. The van der Waals surface area contributed by atoms with Gasteiger partial charge in [-0.3, -0.25) is 4.79 Å². The Morgan fingerprint density at radius 1 is 0.852 bits per heavy atom. The molecule has 0 aromatic carbocycles. The lowest BCUT2D eigenvalue weighted by atomic mass is 10.1. The van der Waals surface area contributed by atoms with Crippen molar-refractivity contribution in [2.24, 2.45) is 0 Å². The molecule has 0 unspecified atom stereocenters. The molecule has 0 aliphatic carbocycles. The number of amides is 2. The number of carbonyl (C=O) groups excluding carboxylic acids is 1. The number of nitrogens with zero attached hydrogens (tertiary/aromatic N) is 1. The van der Waals surface area contributed by atoms with Crippen LogP contribution < -0.4 is 10.6 Å². The predicted molar refractivity (Wildman–Crippen MR) is 112 cm³/mol. The third-order valence-corrected chi connectivity index (χ3v) is 4.66. The van der Waals surface area contributed by atoms with Crippen molar-refractivity contribution in [3.8, 4) is 0 Å². The molecule has 0 aromatic heterocycles. The minimum Gasteiger partial charge on any atom is -0.481 e. The summed E-state index contributed by atoms with van der Waals surface area (Å²) in [5, 5.41) is 14.5. The van der Waals surface area contributed by atoms with Gasteiger partial charge in [0.25, 0.3) is 0 Å². The highest BCUT2D eigenvalue weighted by Crippen LogP contribution is 2.11. The van der Waals surface area contributed by atoms with Crippen LogP contribution in [0.4, 0.5) is 4.79 Å². The Hall–Kier alpha value is -1.30. The van der Waals surface area contributed by atoms with E-state index in [1.165, 1.54) is 64.2 Å². The number of hydrogen-bond donors (Lipinski definition) is 3. The summed E-state index contributed by atoms with van der Waals surface area (Å²) in [4.78, 5) is 24.6. The summed E-state index contributed by atoms with van der Waals surface area (Å²) in [6, 6.07) is -0.648. The number of urea groups is 1. The number of rotatable bonds is 18. The second-order valence-electron chi connectivity index (χ2n) is 7.85. The lowest BCUT2D eigenvalue weighted by molar-refractivity contribution is -0.137. The van der Waals surface area contributed by atoms with Crippen molar-refractivity contribution < 1.29 is 14.7 Å². The van der Waals surface area contributed by atoms with E-state index in [1.807, 2.05) is 19.0 Å². The summed E-state index contributed by atoms with van der Waals surface area (Å²) in [5.41, 5.74) is 0. The van der Waals surface area contributed by atoms with Gasteiger partial charge in [-0.25, -0.2) is 4.79 Å². The minimum absolute atomic E-state index is 0.0653. The van der Waals surface area contributed by atoms with Gasteiger partial charge in [-0.1, -0.05) is 77.6 Å². The number of aliphatic carboxylic acids is 1. The molecule has 0 aromatic rings. The first-order valence-electron chi connectivity index (χ1n) is 10.9. The van der Waals surface area contributed by atoms with Gasteiger partial charge in [0, 0.05) is 13.1 Å². The number of carboxylic acid groups (broad SMARTS) is 1. The van der Waals surface area contributed by atoms with Crippen molar-refractivity contribution in [1.29, 1.82) is 0 Å². The molecule has 6 nitrogen and oxygen atoms in total. The average Bonchev–Trinajstić information content (AvgIpc) is 2.57. The second-order valence-corrected chi connectivity index (χ2v) is 7.85. The number of likely N-dealkylation sites (N-methyl/N-ethyl adjacent to an activating group) is 1. The molecule has 6 heteroatoms. The van der Waals surface area contributed by atoms with Gasteiger partial charge in [0.05, 0.1) is 12.5 Å². The van der Waals surface area contributed by atoms with E-state index < -0.39 is 5.97 Å². The molecular formula is C21H43N3O3. The van der Waals surface area contributed by atoms with E-state index >= 15 is 0 Å². The normalized spacial score (nSPS) is 12.1. The van der Waals surface area contributed by atoms with Gasteiger partial charge >= 0.3 is 12.0 Å². The molecule has 0 bridgehead atoms. The quantitative estimate of drug-likeness (QED) is 0.306. The van der Waals surface area contributed by atoms with Gasteiger partial charge in [-0.2, -0.15) is 0 Å². The van der Waals surface area contributed by atoms with Gasteiger partial charge in [0.2, 0.25) is 0 Å². The Morgan fingerprint density at radius 3 is 1.78 bits per heavy atom. The van der Waals surface area contributed by atoms with Crippen LogP contribution in [0, 0.1) is 0 Å². The van der Waals surface area contributed by atoms with Crippen LogP contribution in [0.15, 0.2) is 0 Å². The molecular weight excluding hydrogens is 342 g/mol. The summed E-state index contributed by atoms with van der Waals surface area (Å²) in [5.74, 6) is -0.900. The van der Waals surface area contributed by atoms with E-state index in [4.69, 9.17) is 5.11 Å². The highest BCUT2D eigenvalue weighted by atomic mass is 16.4. The van der Waals surface area contributed by atoms with E-state index in [0.29, 0.717) is 13.1 Å². The maximum absolute atomic E-state index is 11.9. The first-order valence-corrected chi connectivity index (χ1v) is 10.9. The van der Waals surface area contributed by atoms with E-state index in [1.54, 1.807) is 0 Å². The summed E-state index contributed by atoms with van der Waals surface area (Å²) in [7, 11) is 3.72. The third kappa shape index (κ3) is 19.3. The summed E-state index contributed by atoms with van der Waals surface area (Å²) < 4.78 is 0. The zero-order chi connectivity index (χ0) is 20.3. The number of carboxylic acids is 1. The van der Waals surface area contributed by atoms with Crippen LogP contribution >= 0.6 is 0 Å². The summed E-state index contributed by atoms with van der Waals surface area (Å²) in [6.45, 7) is 3.41. The van der Waals surface area contributed by atoms with Crippen LogP contribution in [0.1, 0.15) is 90.4 Å². The molecule has 0 radical (unpaired) electrons. The van der Waals surface area contributed by atoms with E-state index in [9.17, 15) is 9.59 Å². The van der Waals surface area contributed by atoms with Crippen molar-refractivity contribution in [1.82, 2.24) is 15.5 Å². The first kappa shape index (κ1) is 25.7. The predicted octanol–water partition coefficient (Wildman–Crippen LogP) is 4.39. The number of nitrogens with one attached hydrogen (secondary N) is 2. The summed E-state index contributed by atoms with van der Waals surface area (Å²) >= 11 is 0. The Kier molecular flexibility index (Phi) is 17.2. The molecule has 0 saturated carbocycles. The Bertz CT molecular complexity index is 376. The zero-order valence-corrected chi connectivity index (χ0v) is 17.9. The first-order chi connectivity index (χ1) is 13.0. The Labute approximate surface area is 166 Å². The van der Waals surface area contributed by atoms with E-state index in [0.717, 1.165) is 12.8 Å². The third-order valence-electron chi connectivity index (χ3n) is 4.66. The van der Waals surface area contributed by atoms with Crippen LogP contribution in [-0.2, 0) is 4.79 Å². The minimum atomic E-state index is -0.900. The standard InChI is InChI=1S/C21H43N3O3/c1-4-5-6-7-8-9-10-11-12-13-14-15-16-22-21(27)23-19(17-20(25)26)18-24(2)3/h19H,4-18H2,1-3H3,(H,25,26)(H2,22,23,27)/t19-/m1/s1.